The molecule has 2 aromatic rings. The molecule has 2 rings (SSSR count). The fourth-order valence-electron chi connectivity index (χ4n) is 1.64. The van der Waals surface area contributed by atoms with Crippen molar-refractivity contribution in [1.82, 2.24) is 5.32 Å². The second-order valence-electron chi connectivity index (χ2n) is 3.77. The topological polar surface area (TPSA) is 25.2 Å². The Labute approximate surface area is 108 Å². The van der Waals surface area contributed by atoms with Crippen LogP contribution in [0.3, 0.4) is 0 Å². The van der Waals surface area contributed by atoms with Gasteiger partial charge in [-0.3, -0.25) is 0 Å². The lowest BCUT2D eigenvalue weighted by Crippen LogP contribution is -2.21. The van der Waals surface area contributed by atoms with Crippen LogP contribution in [0.2, 0.25) is 0 Å². The summed E-state index contributed by atoms with van der Waals surface area (Å²) in [5.41, 5.74) is 0. The number of hydrogen-bond acceptors (Lipinski definition) is 3. The molecule has 0 saturated carbocycles. The smallest absolute Gasteiger partial charge is 0.120 e. The second kappa shape index (κ2) is 5.17. The molecule has 4 heteroatoms. The molecular weight excluding hydrogens is 286 g/mol. The van der Waals surface area contributed by atoms with Crippen LogP contribution in [-0.2, 0) is 0 Å². The van der Waals surface area contributed by atoms with Crippen LogP contribution in [0.1, 0.15) is 36.6 Å². The van der Waals surface area contributed by atoms with Crippen molar-refractivity contribution in [3.05, 3.63) is 45.0 Å². The largest absolute Gasteiger partial charge is 0.468 e. The number of nitrogens with one attached hydrogen (secondary N) is 1. The third-order valence-corrected chi connectivity index (χ3v) is 4.30. The highest BCUT2D eigenvalue weighted by Crippen LogP contribution is 2.28. The highest BCUT2D eigenvalue weighted by molar-refractivity contribution is 9.11. The predicted molar refractivity (Wildman–Crippen MR) is 70.7 cm³/mol. The van der Waals surface area contributed by atoms with Crippen LogP contribution in [0.15, 0.2) is 38.7 Å². The average molecular weight is 300 g/mol. The molecule has 0 aliphatic carbocycles. The van der Waals surface area contributed by atoms with Gasteiger partial charge in [0.25, 0.3) is 0 Å². The van der Waals surface area contributed by atoms with E-state index in [1.54, 1.807) is 17.6 Å². The molecule has 1 N–H and O–H groups in total. The zero-order valence-corrected chi connectivity index (χ0v) is 11.6. The van der Waals surface area contributed by atoms with Gasteiger partial charge in [0.05, 0.1) is 16.1 Å². The van der Waals surface area contributed by atoms with Crippen LogP contribution in [0.4, 0.5) is 0 Å². The van der Waals surface area contributed by atoms with Gasteiger partial charge < -0.3 is 9.73 Å². The molecule has 2 aromatic heterocycles. The van der Waals surface area contributed by atoms with E-state index in [2.05, 4.69) is 47.2 Å². The number of rotatable bonds is 4. The zero-order valence-electron chi connectivity index (χ0n) is 9.24. The number of furan rings is 1. The van der Waals surface area contributed by atoms with Crippen molar-refractivity contribution >= 4 is 27.3 Å². The molecule has 0 spiro atoms. The molecule has 0 fully saturated rings. The first kappa shape index (κ1) is 11.9. The average Bonchev–Trinajstić information content (AvgIpc) is 2.87. The normalized spacial score (nSPS) is 14.9. The minimum Gasteiger partial charge on any atom is -0.468 e. The summed E-state index contributed by atoms with van der Waals surface area (Å²) in [5, 5.41) is 3.51. The first-order chi connectivity index (χ1) is 7.66. The van der Waals surface area contributed by atoms with Gasteiger partial charge >= 0.3 is 0 Å². The summed E-state index contributed by atoms with van der Waals surface area (Å²) >= 11 is 5.24. The Hall–Kier alpha value is -0.580. The van der Waals surface area contributed by atoms with Crippen molar-refractivity contribution < 1.29 is 4.42 Å². The van der Waals surface area contributed by atoms with E-state index < -0.39 is 0 Å². The van der Waals surface area contributed by atoms with Gasteiger partial charge in [0.2, 0.25) is 0 Å². The fourth-order valence-corrected chi connectivity index (χ4v) is 3.07. The van der Waals surface area contributed by atoms with Gasteiger partial charge in [-0.1, -0.05) is 0 Å². The van der Waals surface area contributed by atoms with E-state index in [1.165, 1.54) is 8.66 Å². The van der Waals surface area contributed by atoms with E-state index in [0.29, 0.717) is 6.04 Å². The predicted octanol–water partition coefficient (Wildman–Crippen LogP) is 4.52. The maximum absolute atomic E-state index is 5.37. The Morgan fingerprint density at radius 3 is 2.62 bits per heavy atom. The molecule has 0 aliphatic heterocycles. The van der Waals surface area contributed by atoms with E-state index >= 15 is 0 Å². The number of thiophene rings is 1. The summed E-state index contributed by atoms with van der Waals surface area (Å²) in [5.74, 6) is 0.975. The molecule has 2 unspecified atom stereocenters. The molecular formula is C12H14BrNOS. The molecule has 2 nitrogen and oxygen atoms in total. The highest BCUT2D eigenvalue weighted by Gasteiger charge is 2.14. The third kappa shape index (κ3) is 2.75. The van der Waals surface area contributed by atoms with Crippen molar-refractivity contribution in [2.45, 2.75) is 25.9 Å². The minimum absolute atomic E-state index is 0.228. The van der Waals surface area contributed by atoms with Gasteiger partial charge in [0, 0.05) is 10.9 Å². The molecule has 0 radical (unpaired) electrons. The van der Waals surface area contributed by atoms with Crippen molar-refractivity contribution in [1.29, 1.82) is 0 Å². The maximum atomic E-state index is 5.37. The molecule has 2 atom stereocenters. The minimum atomic E-state index is 0.228. The molecule has 0 aliphatic rings. The van der Waals surface area contributed by atoms with Gasteiger partial charge in [-0.25, -0.2) is 0 Å². The Balaban J connectivity index is 2.00. The van der Waals surface area contributed by atoms with Crippen molar-refractivity contribution in [2.75, 3.05) is 0 Å². The van der Waals surface area contributed by atoms with Crippen LogP contribution >= 0.6 is 27.3 Å². The first-order valence-corrected chi connectivity index (χ1v) is 6.82. The lowest BCUT2D eigenvalue weighted by molar-refractivity contribution is 0.405. The van der Waals surface area contributed by atoms with E-state index in [0.717, 1.165) is 5.76 Å². The fraction of sp³-hybridized carbons (Fsp3) is 0.333. The van der Waals surface area contributed by atoms with Gasteiger partial charge in [0.15, 0.2) is 0 Å². The van der Waals surface area contributed by atoms with E-state index in [1.807, 2.05) is 12.1 Å². The Morgan fingerprint density at radius 2 is 2.06 bits per heavy atom. The summed E-state index contributed by atoms with van der Waals surface area (Å²) in [7, 11) is 0. The van der Waals surface area contributed by atoms with Gasteiger partial charge in [0.1, 0.15) is 5.76 Å². The van der Waals surface area contributed by atoms with Gasteiger partial charge in [-0.15, -0.1) is 11.3 Å². The molecule has 0 saturated heterocycles. The SMILES string of the molecule is CC(NC(C)c1ccc(Br)s1)c1ccco1. The molecule has 86 valence electrons. The summed E-state index contributed by atoms with van der Waals surface area (Å²) < 4.78 is 6.54. The van der Waals surface area contributed by atoms with Crippen LogP contribution in [-0.4, -0.2) is 0 Å². The quantitative estimate of drug-likeness (QED) is 0.898. The number of hydrogen-bond donors (Lipinski definition) is 1. The van der Waals surface area contributed by atoms with Crippen molar-refractivity contribution in [3.63, 3.8) is 0 Å². The van der Waals surface area contributed by atoms with E-state index in [4.69, 9.17) is 4.42 Å². The van der Waals surface area contributed by atoms with Crippen molar-refractivity contribution in [2.24, 2.45) is 0 Å². The summed E-state index contributed by atoms with van der Waals surface area (Å²) in [6.45, 7) is 4.27. The van der Waals surface area contributed by atoms with Crippen LogP contribution in [0.5, 0.6) is 0 Å². The van der Waals surface area contributed by atoms with Gasteiger partial charge in [-0.2, -0.15) is 0 Å². The molecule has 2 heterocycles. The van der Waals surface area contributed by atoms with Crippen LogP contribution < -0.4 is 5.32 Å². The zero-order chi connectivity index (χ0) is 11.5. The molecule has 0 aromatic carbocycles. The first-order valence-electron chi connectivity index (χ1n) is 5.21. The van der Waals surface area contributed by atoms with Crippen molar-refractivity contribution in [3.8, 4) is 0 Å². The second-order valence-corrected chi connectivity index (χ2v) is 6.26. The Morgan fingerprint density at radius 1 is 1.25 bits per heavy atom. The standard InChI is InChI=1S/C12H14BrNOS/c1-8(10-4-3-7-15-10)14-9(2)11-5-6-12(13)16-11/h3-9,14H,1-2H3. The molecule has 0 bridgehead atoms. The Bertz CT molecular complexity index is 438. The van der Waals surface area contributed by atoms with Crippen LogP contribution in [0, 0.1) is 0 Å². The lowest BCUT2D eigenvalue weighted by atomic mass is 10.2. The monoisotopic (exact) mass is 299 g/mol. The molecule has 16 heavy (non-hydrogen) atoms. The maximum Gasteiger partial charge on any atom is 0.120 e. The third-order valence-electron chi connectivity index (χ3n) is 2.49. The highest BCUT2D eigenvalue weighted by atomic mass is 79.9. The number of halogens is 1. The molecule has 0 amide bonds. The lowest BCUT2D eigenvalue weighted by Gasteiger charge is -2.17. The summed E-state index contributed by atoms with van der Waals surface area (Å²) in [6.07, 6.45) is 1.71. The Kier molecular flexibility index (Phi) is 3.84. The van der Waals surface area contributed by atoms with E-state index in [9.17, 15) is 0 Å². The summed E-state index contributed by atoms with van der Waals surface area (Å²) in [4.78, 5) is 1.32. The van der Waals surface area contributed by atoms with Crippen LogP contribution in [0.25, 0.3) is 0 Å². The summed E-state index contributed by atoms with van der Waals surface area (Å²) in [6, 6.07) is 8.69. The van der Waals surface area contributed by atoms with E-state index in [-0.39, 0.29) is 6.04 Å². The van der Waals surface area contributed by atoms with Gasteiger partial charge in [-0.05, 0) is 54.0 Å².